The van der Waals surface area contributed by atoms with Crippen LogP contribution >= 0.6 is 23.5 Å². The van der Waals surface area contributed by atoms with E-state index in [4.69, 9.17) is 4.74 Å². The molecule has 1 aromatic heterocycles. The lowest BCUT2D eigenvalue weighted by Gasteiger charge is -2.19. The van der Waals surface area contributed by atoms with Gasteiger partial charge in [-0.3, -0.25) is 4.79 Å². The van der Waals surface area contributed by atoms with Gasteiger partial charge in [-0.2, -0.15) is 11.8 Å². The van der Waals surface area contributed by atoms with Crippen molar-refractivity contribution in [2.45, 2.75) is 42.8 Å². The monoisotopic (exact) mass is 362 g/mol. The highest BCUT2D eigenvalue weighted by atomic mass is 32.2. The van der Waals surface area contributed by atoms with Crippen LogP contribution < -0.4 is 10.3 Å². The standard InChI is InChI=1S/C18H22N2O2S2/c1-18(2,3)12-4-6-13(7-5-12)22-8-9-24-17-19-15-11-23-10-14(15)16(21)20-17/h4-7H,8-11H2,1-3H3,(H,19,20,21). The zero-order chi connectivity index (χ0) is 17.2. The van der Waals surface area contributed by atoms with E-state index in [1.165, 1.54) is 17.3 Å². The molecule has 4 nitrogen and oxygen atoms in total. The van der Waals surface area contributed by atoms with Crippen molar-refractivity contribution >= 4 is 23.5 Å². The summed E-state index contributed by atoms with van der Waals surface area (Å²) in [5, 5.41) is 0.688. The van der Waals surface area contributed by atoms with Gasteiger partial charge in [-0.1, -0.05) is 44.7 Å². The summed E-state index contributed by atoms with van der Waals surface area (Å²) < 4.78 is 5.77. The van der Waals surface area contributed by atoms with Crippen molar-refractivity contribution < 1.29 is 4.74 Å². The Kier molecular flexibility index (Phi) is 5.25. The largest absolute Gasteiger partial charge is 0.493 e. The van der Waals surface area contributed by atoms with Crippen LogP contribution in [0.4, 0.5) is 0 Å². The maximum atomic E-state index is 11.9. The molecule has 0 bridgehead atoms. The fourth-order valence-corrected chi connectivity index (χ4v) is 4.19. The van der Waals surface area contributed by atoms with Gasteiger partial charge in [-0.25, -0.2) is 4.98 Å². The van der Waals surface area contributed by atoms with Gasteiger partial charge in [0.15, 0.2) is 5.16 Å². The summed E-state index contributed by atoms with van der Waals surface area (Å²) >= 11 is 3.26. The van der Waals surface area contributed by atoms with Gasteiger partial charge in [0.05, 0.1) is 12.3 Å². The zero-order valence-electron chi connectivity index (χ0n) is 14.2. The van der Waals surface area contributed by atoms with Crippen LogP contribution in [0.5, 0.6) is 5.75 Å². The van der Waals surface area contributed by atoms with Crippen LogP contribution in [0.3, 0.4) is 0 Å². The topological polar surface area (TPSA) is 55.0 Å². The van der Waals surface area contributed by atoms with Crippen LogP contribution in [-0.4, -0.2) is 22.3 Å². The van der Waals surface area contributed by atoms with E-state index in [0.717, 1.165) is 34.3 Å². The fourth-order valence-electron chi connectivity index (χ4n) is 2.46. The Bertz CT molecular complexity index is 764. The van der Waals surface area contributed by atoms with Gasteiger partial charge in [0.25, 0.3) is 5.56 Å². The molecular formula is C18H22N2O2S2. The van der Waals surface area contributed by atoms with Crippen molar-refractivity contribution in [1.82, 2.24) is 9.97 Å². The molecule has 3 rings (SSSR count). The van der Waals surface area contributed by atoms with Crippen LogP contribution in [-0.2, 0) is 16.9 Å². The normalized spacial score (nSPS) is 13.8. The number of ether oxygens (including phenoxy) is 1. The Morgan fingerprint density at radius 1 is 1.25 bits per heavy atom. The van der Waals surface area contributed by atoms with E-state index in [1.54, 1.807) is 11.8 Å². The van der Waals surface area contributed by atoms with E-state index in [1.807, 2.05) is 12.1 Å². The maximum absolute atomic E-state index is 11.9. The molecule has 6 heteroatoms. The minimum absolute atomic E-state index is 0.00573. The quantitative estimate of drug-likeness (QED) is 0.495. The van der Waals surface area contributed by atoms with Crippen molar-refractivity contribution in [2.75, 3.05) is 12.4 Å². The Balaban J connectivity index is 1.51. The molecule has 128 valence electrons. The molecule has 2 heterocycles. The average molecular weight is 363 g/mol. The number of fused-ring (bicyclic) bond motifs is 1. The third-order valence-electron chi connectivity index (χ3n) is 3.88. The second-order valence-corrected chi connectivity index (χ2v) is 8.83. The lowest BCUT2D eigenvalue weighted by atomic mass is 9.87. The number of aromatic amines is 1. The molecule has 1 N–H and O–H groups in total. The van der Waals surface area contributed by atoms with E-state index in [-0.39, 0.29) is 11.0 Å². The first-order valence-corrected chi connectivity index (χ1v) is 10.1. The van der Waals surface area contributed by atoms with E-state index in [2.05, 4.69) is 42.9 Å². The Labute approximate surface area is 150 Å². The molecule has 1 aliphatic heterocycles. The number of thioether (sulfide) groups is 2. The molecule has 2 aromatic rings. The summed E-state index contributed by atoms with van der Waals surface area (Å²) in [6.45, 7) is 7.17. The molecule has 1 aliphatic rings. The Hall–Kier alpha value is -1.40. The SMILES string of the molecule is CC(C)(C)c1ccc(OCCSc2nc3c(c(=O)[nH]2)CSC3)cc1. The predicted molar refractivity (Wildman–Crippen MR) is 101 cm³/mol. The number of rotatable bonds is 5. The van der Waals surface area contributed by atoms with E-state index < -0.39 is 0 Å². The molecule has 0 unspecified atom stereocenters. The lowest BCUT2D eigenvalue weighted by Crippen LogP contribution is -2.15. The number of benzene rings is 1. The molecule has 1 aromatic carbocycles. The minimum Gasteiger partial charge on any atom is -0.493 e. The van der Waals surface area contributed by atoms with Gasteiger partial charge in [-0.05, 0) is 23.1 Å². The molecule has 0 saturated heterocycles. The van der Waals surface area contributed by atoms with Crippen LogP contribution in [0, 0.1) is 0 Å². The smallest absolute Gasteiger partial charge is 0.255 e. The number of H-pyrrole nitrogens is 1. The molecule has 24 heavy (non-hydrogen) atoms. The summed E-state index contributed by atoms with van der Waals surface area (Å²) in [6, 6.07) is 8.25. The van der Waals surface area contributed by atoms with Gasteiger partial charge in [0, 0.05) is 22.8 Å². The first-order valence-electron chi connectivity index (χ1n) is 7.99. The van der Waals surface area contributed by atoms with Gasteiger partial charge in [0.1, 0.15) is 5.75 Å². The van der Waals surface area contributed by atoms with Crippen LogP contribution in [0.25, 0.3) is 0 Å². The van der Waals surface area contributed by atoms with E-state index >= 15 is 0 Å². The second-order valence-electron chi connectivity index (χ2n) is 6.76. The molecular weight excluding hydrogens is 340 g/mol. The highest BCUT2D eigenvalue weighted by Crippen LogP contribution is 2.27. The highest BCUT2D eigenvalue weighted by Gasteiger charge is 2.17. The number of aromatic nitrogens is 2. The fraction of sp³-hybridized carbons (Fsp3) is 0.444. The second kappa shape index (κ2) is 7.23. The Morgan fingerprint density at radius 3 is 2.71 bits per heavy atom. The third-order valence-corrected chi connectivity index (χ3v) is 5.68. The molecule has 0 atom stereocenters. The maximum Gasteiger partial charge on any atom is 0.255 e. The summed E-state index contributed by atoms with van der Waals surface area (Å²) in [6.07, 6.45) is 0. The number of hydrogen-bond acceptors (Lipinski definition) is 5. The number of hydrogen-bond donors (Lipinski definition) is 1. The highest BCUT2D eigenvalue weighted by molar-refractivity contribution is 7.99. The van der Waals surface area contributed by atoms with Crippen LogP contribution in [0.2, 0.25) is 0 Å². The van der Waals surface area contributed by atoms with E-state index in [0.29, 0.717) is 11.8 Å². The lowest BCUT2D eigenvalue weighted by molar-refractivity contribution is 0.343. The summed E-state index contributed by atoms with van der Waals surface area (Å²) in [5.41, 5.74) is 3.22. The molecule has 0 spiro atoms. The van der Waals surface area contributed by atoms with Crippen molar-refractivity contribution in [3.8, 4) is 5.75 Å². The minimum atomic E-state index is 0.00573. The van der Waals surface area contributed by atoms with Gasteiger partial charge >= 0.3 is 0 Å². The van der Waals surface area contributed by atoms with Crippen molar-refractivity contribution in [3.05, 3.63) is 51.4 Å². The number of nitrogens with zero attached hydrogens (tertiary/aromatic N) is 1. The molecule has 0 radical (unpaired) electrons. The molecule has 0 amide bonds. The number of nitrogens with one attached hydrogen (secondary N) is 1. The van der Waals surface area contributed by atoms with E-state index in [9.17, 15) is 4.79 Å². The van der Waals surface area contributed by atoms with Gasteiger partial charge in [0.2, 0.25) is 0 Å². The summed E-state index contributed by atoms with van der Waals surface area (Å²) in [4.78, 5) is 19.3. The zero-order valence-corrected chi connectivity index (χ0v) is 15.9. The first-order chi connectivity index (χ1) is 11.4. The average Bonchev–Trinajstić information content (AvgIpc) is 3.00. The third kappa shape index (κ3) is 4.16. The molecule has 0 fully saturated rings. The van der Waals surface area contributed by atoms with Crippen molar-refractivity contribution in [3.63, 3.8) is 0 Å². The van der Waals surface area contributed by atoms with Gasteiger partial charge in [-0.15, -0.1) is 0 Å². The molecule has 0 aliphatic carbocycles. The van der Waals surface area contributed by atoms with Crippen LogP contribution in [0.1, 0.15) is 37.6 Å². The Morgan fingerprint density at radius 2 is 2.00 bits per heavy atom. The van der Waals surface area contributed by atoms with Crippen LogP contribution in [0.15, 0.2) is 34.2 Å². The van der Waals surface area contributed by atoms with Crippen molar-refractivity contribution in [1.29, 1.82) is 0 Å². The van der Waals surface area contributed by atoms with Crippen molar-refractivity contribution in [2.24, 2.45) is 0 Å². The molecule has 0 saturated carbocycles. The first kappa shape index (κ1) is 17.4. The summed E-state index contributed by atoms with van der Waals surface area (Å²) in [7, 11) is 0. The summed E-state index contributed by atoms with van der Waals surface area (Å²) in [5.74, 6) is 3.23. The van der Waals surface area contributed by atoms with Gasteiger partial charge < -0.3 is 9.72 Å². The predicted octanol–water partition coefficient (Wildman–Crippen LogP) is 3.99.